The molecule has 44 heavy (non-hydrogen) atoms. The zero-order valence-corrected chi connectivity index (χ0v) is 26.0. The van der Waals surface area contributed by atoms with Gasteiger partial charge < -0.3 is 19.1 Å². The van der Waals surface area contributed by atoms with Crippen molar-refractivity contribution in [2.24, 2.45) is 5.41 Å². The molecular weight excluding hydrogens is 554 g/mol. The number of aromatic nitrogens is 2. The second-order valence-electron chi connectivity index (χ2n) is 11.8. The van der Waals surface area contributed by atoms with E-state index in [9.17, 15) is 14.4 Å². The number of ether oxygens (including phenoxy) is 1. The average Bonchev–Trinajstić information content (AvgIpc) is 3.08. The molecule has 3 heterocycles. The Morgan fingerprint density at radius 3 is 2.41 bits per heavy atom. The van der Waals surface area contributed by atoms with Crippen LogP contribution >= 0.6 is 0 Å². The minimum atomic E-state index is -1.15. The highest BCUT2D eigenvalue weighted by atomic mass is 16.5. The molecule has 0 unspecified atom stereocenters. The molecule has 0 N–H and O–H groups in total. The molecule has 0 spiro atoms. The van der Waals surface area contributed by atoms with Gasteiger partial charge in [0, 0.05) is 69.8 Å². The molecule has 5 rings (SSSR count). The van der Waals surface area contributed by atoms with Gasteiger partial charge in [-0.1, -0.05) is 18.2 Å². The third-order valence-electron chi connectivity index (χ3n) is 8.34. The average molecular weight is 596 g/mol. The highest BCUT2D eigenvalue weighted by Crippen LogP contribution is 2.40. The summed E-state index contributed by atoms with van der Waals surface area (Å²) in [5, 5.41) is 1.70. The van der Waals surface area contributed by atoms with Crippen molar-refractivity contribution in [3.63, 3.8) is 0 Å². The van der Waals surface area contributed by atoms with E-state index in [1.165, 1.54) is 5.56 Å². The van der Waals surface area contributed by atoms with Crippen molar-refractivity contribution in [1.82, 2.24) is 14.5 Å². The van der Waals surface area contributed by atoms with Crippen LogP contribution in [0.1, 0.15) is 39.2 Å². The molecular formula is C35H41N5O4. The lowest BCUT2D eigenvalue weighted by molar-refractivity contribution is -0.137. The fraction of sp³-hybridized carbons (Fsp3) is 0.371. The number of nitrogens with zero attached hydrogens (tertiary/aromatic N) is 5. The number of carbonyl (C=O) groups is 2. The van der Waals surface area contributed by atoms with Gasteiger partial charge in [0.25, 0.3) is 5.56 Å². The van der Waals surface area contributed by atoms with Crippen LogP contribution in [0.2, 0.25) is 0 Å². The van der Waals surface area contributed by atoms with E-state index in [2.05, 4.69) is 9.88 Å². The maximum atomic E-state index is 13.2. The number of amides is 2. The summed E-state index contributed by atoms with van der Waals surface area (Å²) in [5.74, 6) is 0.210. The number of aryl methyl sites for hydroxylation is 1. The van der Waals surface area contributed by atoms with Crippen molar-refractivity contribution in [3.8, 4) is 5.75 Å². The zero-order chi connectivity index (χ0) is 31.3. The third-order valence-corrected chi connectivity index (χ3v) is 8.34. The number of anilines is 2. The highest BCUT2D eigenvalue weighted by Gasteiger charge is 2.45. The molecule has 0 saturated carbocycles. The number of hydrogen-bond acceptors (Lipinski definition) is 6. The zero-order valence-electron chi connectivity index (χ0n) is 26.0. The van der Waals surface area contributed by atoms with Gasteiger partial charge in [-0.2, -0.15) is 0 Å². The van der Waals surface area contributed by atoms with Gasteiger partial charge in [-0.05, 0) is 81.0 Å². The Bertz CT molecular complexity index is 1680. The number of rotatable bonds is 12. The first-order chi connectivity index (χ1) is 21.2. The Labute approximate surface area is 258 Å². The van der Waals surface area contributed by atoms with Crippen molar-refractivity contribution in [2.75, 3.05) is 43.1 Å². The summed E-state index contributed by atoms with van der Waals surface area (Å²) in [7, 11) is 1.71. The summed E-state index contributed by atoms with van der Waals surface area (Å²) in [6, 6.07) is 19.3. The Morgan fingerprint density at radius 1 is 0.886 bits per heavy atom. The van der Waals surface area contributed by atoms with E-state index in [1.54, 1.807) is 47.7 Å². The van der Waals surface area contributed by atoms with Crippen LogP contribution in [0.3, 0.4) is 0 Å². The van der Waals surface area contributed by atoms with E-state index in [0.717, 1.165) is 43.2 Å². The van der Waals surface area contributed by atoms with E-state index < -0.39 is 5.41 Å². The summed E-state index contributed by atoms with van der Waals surface area (Å²) in [6.45, 7) is 9.29. The molecule has 230 valence electrons. The van der Waals surface area contributed by atoms with Crippen molar-refractivity contribution in [2.45, 2.75) is 46.7 Å². The molecule has 0 atom stereocenters. The second-order valence-corrected chi connectivity index (χ2v) is 11.8. The van der Waals surface area contributed by atoms with Crippen LogP contribution in [0.25, 0.3) is 10.8 Å². The fourth-order valence-electron chi connectivity index (χ4n) is 5.84. The van der Waals surface area contributed by atoms with E-state index in [1.807, 2.05) is 73.8 Å². The summed E-state index contributed by atoms with van der Waals surface area (Å²) in [4.78, 5) is 49.0. The van der Waals surface area contributed by atoms with E-state index in [0.29, 0.717) is 36.8 Å². The Balaban J connectivity index is 1.22. The molecule has 2 amide bonds. The molecule has 0 fully saturated rings. The maximum Gasteiger partial charge on any atom is 0.258 e. The van der Waals surface area contributed by atoms with Gasteiger partial charge in [-0.3, -0.25) is 24.3 Å². The maximum absolute atomic E-state index is 13.2. The lowest BCUT2D eigenvalue weighted by Crippen LogP contribution is -2.47. The van der Waals surface area contributed by atoms with Gasteiger partial charge in [-0.25, -0.2) is 0 Å². The summed E-state index contributed by atoms with van der Waals surface area (Å²) in [5.41, 5.74) is 1.45. The molecule has 4 aromatic rings. The molecule has 9 heteroatoms. The predicted octanol–water partition coefficient (Wildman–Crippen LogP) is 5.11. The molecule has 0 bridgehead atoms. The number of hydrogen-bond donors (Lipinski definition) is 0. The smallest absolute Gasteiger partial charge is 0.258 e. The number of pyridine rings is 2. The molecule has 1 aliphatic rings. The van der Waals surface area contributed by atoms with Crippen LogP contribution in [0.4, 0.5) is 11.4 Å². The topological polar surface area (TPSA) is 88.0 Å². The standard InChI is InChI=1S/C35H41N5O4/c1-5-40-30-13-12-28(24-31(30)37(4)33(42)35(2,3)34(40)43)44-23-9-20-38(25-26-14-17-36-18-15-26)19-8-21-39-22-16-27-10-6-7-11-29(27)32(39)41/h6-7,10-18,22,24H,5,8-9,19-21,23,25H2,1-4H3. The minimum Gasteiger partial charge on any atom is -0.493 e. The summed E-state index contributed by atoms with van der Waals surface area (Å²) >= 11 is 0. The Hall–Kier alpha value is -4.50. The molecule has 9 nitrogen and oxygen atoms in total. The Kier molecular flexibility index (Phi) is 9.44. The van der Waals surface area contributed by atoms with Gasteiger partial charge in [0.1, 0.15) is 11.2 Å². The van der Waals surface area contributed by atoms with Gasteiger partial charge in [-0.15, -0.1) is 0 Å². The first-order valence-corrected chi connectivity index (χ1v) is 15.3. The number of benzene rings is 2. The van der Waals surface area contributed by atoms with Gasteiger partial charge >= 0.3 is 0 Å². The molecule has 2 aromatic heterocycles. The quantitative estimate of drug-likeness (QED) is 0.167. The molecule has 0 radical (unpaired) electrons. The van der Waals surface area contributed by atoms with Crippen LogP contribution in [-0.4, -0.2) is 59.6 Å². The normalized spacial score (nSPS) is 14.7. The highest BCUT2D eigenvalue weighted by molar-refractivity contribution is 6.20. The number of carbonyl (C=O) groups excluding carboxylic acids is 2. The van der Waals surface area contributed by atoms with Crippen molar-refractivity contribution >= 4 is 34.0 Å². The van der Waals surface area contributed by atoms with Crippen LogP contribution in [-0.2, 0) is 22.7 Å². The summed E-state index contributed by atoms with van der Waals surface area (Å²) in [6.07, 6.45) is 7.12. The van der Waals surface area contributed by atoms with Crippen molar-refractivity contribution in [1.29, 1.82) is 0 Å². The lowest BCUT2D eigenvalue weighted by atomic mass is 9.90. The molecule has 0 saturated heterocycles. The SMILES string of the molecule is CCN1C(=O)C(C)(C)C(=O)N(C)c2cc(OCCCN(CCCn3ccc4ccccc4c3=O)Cc3ccncc3)ccc21. The van der Waals surface area contributed by atoms with Crippen LogP contribution in [0, 0.1) is 5.41 Å². The van der Waals surface area contributed by atoms with Gasteiger partial charge in [0.15, 0.2) is 0 Å². The minimum absolute atomic E-state index is 0.0419. The van der Waals surface area contributed by atoms with Crippen LogP contribution in [0.5, 0.6) is 5.75 Å². The monoisotopic (exact) mass is 595 g/mol. The van der Waals surface area contributed by atoms with E-state index >= 15 is 0 Å². The third kappa shape index (κ3) is 6.53. The van der Waals surface area contributed by atoms with Crippen molar-refractivity contribution in [3.05, 3.63) is 95.2 Å². The van der Waals surface area contributed by atoms with E-state index in [-0.39, 0.29) is 17.4 Å². The lowest BCUT2D eigenvalue weighted by Gasteiger charge is -2.27. The first-order valence-electron chi connectivity index (χ1n) is 15.3. The predicted molar refractivity (Wildman–Crippen MR) is 174 cm³/mol. The molecule has 0 aliphatic carbocycles. The molecule has 1 aliphatic heterocycles. The van der Waals surface area contributed by atoms with Crippen LogP contribution in [0.15, 0.2) is 84.0 Å². The molecule has 2 aromatic carbocycles. The second kappa shape index (κ2) is 13.4. The first kappa shape index (κ1) is 30.9. The van der Waals surface area contributed by atoms with Gasteiger partial charge in [0.05, 0.1) is 18.0 Å². The van der Waals surface area contributed by atoms with E-state index in [4.69, 9.17) is 4.74 Å². The number of fused-ring (bicyclic) bond motifs is 2. The van der Waals surface area contributed by atoms with Crippen LogP contribution < -0.4 is 20.1 Å². The van der Waals surface area contributed by atoms with Gasteiger partial charge in [0.2, 0.25) is 11.8 Å². The Morgan fingerprint density at radius 2 is 1.64 bits per heavy atom. The summed E-state index contributed by atoms with van der Waals surface area (Å²) < 4.78 is 7.95. The largest absolute Gasteiger partial charge is 0.493 e. The fourth-order valence-corrected chi connectivity index (χ4v) is 5.84. The van der Waals surface area contributed by atoms with Crippen molar-refractivity contribution < 1.29 is 14.3 Å².